The fraction of sp³-hybridized carbons (Fsp3) is 0.429. The van der Waals surface area contributed by atoms with E-state index < -0.39 is 0 Å². The zero-order valence-corrected chi connectivity index (χ0v) is 22.5. The normalized spacial score (nSPS) is 20.7. The summed E-state index contributed by atoms with van der Waals surface area (Å²) in [7, 11) is 0. The number of hydrogen-bond donors (Lipinski definition) is 3. The van der Waals surface area contributed by atoms with E-state index in [1.54, 1.807) is 6.07 Å². The smallest absolute Gasteiger partial charge is 0.251 e. The second-order valence-corrected chi connectivity index (χ2v) is 10.8. The monoisotopic (exact) mass is 535 g/mol. The van der Waals surface area contributed by atoms with E-state index in [1.165, 1.54) is 16.9 Å². The van der Waals surface area contributed by atoms with E-state index in [1.807, 2.05) is 35.7 Å². The number of thiazole rings is 1. The number of rotatable bonds is 8. The molecule has 3 heterocycles. The average Bonchev–Trinajstić information content (AvgIpc) is 3.54. The number of aryl methyl sites for hydroxylation is 1. The molecule has 0 bridgehead atoms. The molecule has 5 rings (SSSR count). The minimum absolute atomic E-state index is 0.132. The highest BCUT2D eigenvalue weighted by Crippen LogP contribution is 2.35. The van der Waals surface area contributed by atoms with Crippen LogP contribution in [0.4, 0.5) is 10.9 Å². The van der Waals surface area contributed by atoms with Crippen molar-refractivity contribution < 1.29 is 19.4 Å². The Morgan fingerprint density at radius 2 is 1.95 bits per heavy atom. The third-order valence-electron chi connectivity index (χ3n) is 6.99. The van der Waals surface area contributed by atoms with Gasteiger partial charge in [0.15, 0.2) is 5.13 Å². The molecule has 38 heavy (non-hydrogen) atoms. The molecule has 3 aromatic rings. The molecule has 1 fully saturated rings. The van der Waals surface area contributed by atoms with Crippen LogP contribution in [0.1, 0.15) is 54.1 Å². The molecule has 3 atom stereocenters. The predicted octanol–water partition coefficient (Wildman–Crippen LogP) is 3.60. The number of nitrogens with one attached hydrogen (secondary N) is 2. The molecule has 0 unspecified atom stereocenters. The van der Waals surface area contributed by atoms with Gasteiger partial charge in [0.1, 0.15) is 11.5 Å². The van der Waals surface area contributed by atoms with Crippen LogP contribution >= 0.6 is 11.3 Å². The number of aromatic nitrogens is 2. The van der Waals surface area contributed by atoms with Gasteiger partial charge < -0.3 is 25.4 Å². The van der Waals surface area contributed by atoms with Gasteiger partial charge in [-0.15, -0.1) is 11.3 Å². The van der Waals surface area contributed by atoms with Gasteiger partial charge in [-0.25, -0.2) is 9.97 Å². The zero-order valence-electron chi connectivity index (χ0n) is 21.6. The number of carbonyl (C=O) groups excluding carboxylic acids is 2. The molecule has 0 radical (unpaired) electrons. The Bertz CT molecular complexity index is 1300. The Morgan fingerprint density at radius 3 is 2.74 bits per heavy atom. The number of ether oxygens (including phenoxy) is 1. The SMILES string of the molecule is C[C@@H]1CN(c2cccc(-c3csc(NC(=O)CNC(=O)c4ccc5c(c4)[C@H](CCO)CC5)n3)n2)C[C@H](C)O1. The van der Waals surface area contributed by atoms with Crippen molar-refractivity contribution in [3.05, 3.63) is 58.5 Å². The fourth-order valence-electron chi connectivity index (χ4n) is 5.27. The number of aliphatic hydroxyl groups is 1. The molecule has 2 aromatic heterocycles. The summed E-state index contributed by atoms with van der Waals surface area (Å²) < 4.78 is 5.83. The molecule has 2 aliphatic rings. The van der Waals surface area contributed by atoms with E-state index >= 15 is 0 Å². The molecular weight excluding hydrogens is 502 g/mol. The van der Waals surface area contributed by atoms with Gasteiger partial charge in [-0.1, -0.05) is 12.1 Å². The molecule has 9 nitrogen and oxygen atoms in total. The number of nitrogens with zero attached hydrogens (tertiary/aromatic N) is 3. The van der Waals surface area contributed by atoms with E-state index in [0.717, 1.165) is 43.0 Å². The Kier molecular flexibility index (Phi) is 8.01. The third kappa shape index (κ3) is 6.03. The maximum absolute atomic E-state index is 12.7. The van der Waals surface area contributed by atoms with Crippen molar-refractivity contribution >= 4 is 34.1 Å². The third-order valence-corrected chi connectivity index (χ3v) is 7.75. The van der Waals surface area contributed by atoms with Crippen LogP contribution in [-0.4, -0.2) is 65.3 Å². The number of fused-ring (bicyclic) bond motifs is 1. The lowest BCUT2D eigenvalue weighted by Gasteiger charge is -2.36. The van der Waals surface area contributed by atoms with Crippen LogP contribution in [0.25, 0.3) is 11.4 Å². The van der Waals surface area contributed by atoms with Crippen molar-refractivity contribution in [1.29, 1.82) is 0 Å². The van der Waals surface area contributed by atoms with E-state index in [-0.39, 0.29) is 43.1 Å². The summed E-state index contributed by atoms with van der Waals surface area (Å²) in [6, 6.07) is 11.5. The van der Waals surface area contributed by atoms with E-state index in [0.29, 0.717) is 22.8 Å². The summed E-state index contributed by atoms with van der Waals surface area (Å²) >= 11 is 1.31. The maximum Gasteiger partial charge on any atom is 0.251 e. The highest BCUT2D eigenvalue weighted by Gasteiger charge is 2.24. The first-order valence-corrected chi connectivity index (χ1v) is 13.9. The molecule has 1 saturated heterocycles. The number of carbonyl (C=O) groups is 2. The zero-order chi connectivity index (χ0) is 26.6. The van der Waals surface area contributed by atoms with Crippen molar-refractivity contribution in [1.82, 2.24) is 15.3 Å². The van der Waals surface area contributed by atoms with Crippen LogP contribution in [0.3, 0.4) is 0 Å². The summed E-state index contributed by atoms with van der Waals surface area (Å²) in [4.78, 5) is 36.7. The lowest BCUT2D eigenvalue weighted by atomic mass is 9.96. The highest BCUT2D eigenvalue weighted by atomic mass is 32.1. The Hall–Kier alpha value is -3.34. The van der Waals surface area contributed by atoms with Gasteiger partial charge in [0.05, 0.1) is 24.4 Å². The molecule has 1 aliphatic heterocycles. The first-order valence-electron chi connectivity index (χ1n) is 13.0. The molecule has 10 heteroatoms. The number of pyridine rings is 1. The average molecular weight is 536 g/mol. The molecule has 0 spiro atoms. The Balaban J connectivity index is 1.17. The van der Waals surface area contributed by atoms with Gasteiger partial charge in [-0.05, 0) is 74.4 Å². The molecule has 0 saturated carbocycles. The van der Waals surface area contributed by atoms with Gasteiger partial charge in [0, 0.05) is 30.6 Å². The number of hydrogen-bond acceptors (Lipinski definition) is 8. The summed E-state index contributed by atoms with van der Waals surface area (Å²) in [6.45, 7) is 5.65. The van der Waals surface area contributed by atoms with Crippen LogP contribution in [0.2, 0.25) is 0 Å². The summed E-state index contributed by atoms with van der Waals surface area (Å²) in [5.74, 6) is 0.503. The molecule has 1 aromatic carbocycles. The Morgan fingerprint density at radius 1 is 1.13 bits per heavy atom. The second-order valence-electron chi connectivity index (χ2n) is 9.97. The van der Waals surface area contributed by atoms with Crippen LogP contribution < -0.4 is 15.5 Å². The van der Waals surface area contributed by atoms with Crippen LogP contribution in [-0.2, 0) is 16.0 Å². The molecule has 2 amide bonds. The number of amides is 2. The number of morpholine rings is 1. The topological polar surface area (TPSA) is 117 Å². The van der Waals surface area contributed by atoms with Crippen LogP contribution in [0, 0.1) is 0 Å². The minimum Gasteiger partial charge on any atom is -0.396 e. The van der Waals surface area contributed by atoms with Crippen molar-refractivity contribution in [2.24, 2.45) is 0 Å². The lowest BCUT2D eigenvalue weighted by molar-refractivity contribution is -0.115. The lowest BCUT2D eigenvalue weighted by Crippen LogP contribution is -2.45. The molecular formula is C28H33N5O4S. The van der Waals surface area contributed by atoms with Crippen molar-refractivity contribution in [2.75, 3.05) is 36.5 Å². The van der Waals surface area contributed by atoms with Crippen molar-refractivity contribution in [3.63, 3.8) is 0 Å². The van der Waals surface area contributed by atoms with Gasteiger partial charge in [-0.2, -0.15) is 0 Å². The molecule has 1 aliphatic carbocycles. The van der Waals surface area contributed by atoms with E-state index in [4.69, 9.17) is 9.72 Å². The van der Waals surface area contributed by atoms with Gasteiger partial charge >= 0.3 is 0 Å². The van der Waals surface area contributed by atoms with Gasteiger partial charge in [0.2, 0.25) is 5.91 Å². The number of benzene rings is 1. The second kappa shape index (κ2) is 11.6. The maximum atomic E-state index is 12.7. The standard InChI is InChI=1S/C28H33N5O4S/c1-17-14-33(15-18(2)37-17)25-5-3-4-23(30-25)24-16-38-28(31-24)32-26(35)13-29-27(36)21-9-8-19-6-7-20(10-11-34)22(19)12-21/h3-5,8-9,12,16-18,20,34H,6-7,10-11,13-15H2,1-2H3,(H,29,36)(H,31,32,35)/t17-,18+,20-/m0/s1. The van der Waals surface area contributed by atoms with Gasteiger partial charge in [0.25, 0.3) is 5.91 Å². The number of anilines is 2. The molecule has 200 valence electrons. The van der Waals surface area contributed by atoms with Crippen molar-refractivity contribution in [3.8, 4) is 11.4 Å². The first-order chi connectivity index (χ1) is 18.4. The molecule has 3 N–H and O–H groups in total. The largest absolute Gasteiger partial charge is 0.396 e. The predicted molar refractivity (Wildman–Crippen MR) is 148 cm³/mol. The van der Waals surface area contributed by atoms with Crippen LogP contribution in [0.15, 0.2) is 41.8 Å². The van der Waals surface area contributed by atoms with Crippen molar-refractivity contribution in [2.45, 2.75) is 51.2 Å². The Labute approximate surface area is 226 Å². The minimum atomic E-state index is -0.350. The fourth-order valence-corrected chi connectivity index (χ4v) is 5.99. The number of aliphatic hydroxyl groups excluding tert-OH is 1. The summed E-state index contributed by atoms with van der Waals surface area (Å²) in [5.41, 5.74) is 4.29. The highest BCUT2D eigenvalue weighted by molar-refractivity contribution is 7.14. The van der Waals surface area contributed by atoms with E-state index in [2.05, 4.69) is 34.4 Å². The van der Waals surface area contributed by atoms with E-state index in [9.17, 15) is 14.7 Å². The van der Waals surface area contributed by atoms with Crippen LogP contribution in [0.5, 0.6) is 0 Å². The summed E-state index contributed by atoms with van der Waals surface area (Å²) in [6.07, 6.45) is 2.92. The summed E-state index contributed by atoms with van der Waals surface area (Å²) in [5, 5.41) is 17.1. The quantitative estimate of drug-likeness (QED) is 0.404. The first kappa shape index (κ1) is 26.3. The van der Waals surface area contributed by atoms with Gasteiger partial charge in [-0.3, -0.25) is 9.59 Å².